The van der Waals surface area contributed by atoms with Gasteiger partial charge in [-0.15, -0.1) is 0 Å². The van der Waals surface area contributed by atoms with E-state index in [0.717, 1.165) is 65.1 Å². The number of hydrogen-bond acceptors (Lipinski definition) is 10. The largest absolute Gasteiger partial charge is 0.390 e. The number of hydrogen-bond donors (Lipinski definition) is 6. The number of β-amino-alcohol motifs (C(OH)–C–C–N with tert-alkyl or cyclic N) is 1. The number of ether oxygens (including phenoxy) is 1. The molecule has 4 saturated heterocycles. The second-order valence-corrected chi connectivity index (χ2v) is 13.5. The van der Waals surface area contributed by atoms with E-state index < -0.39 is 6.10 Å². The lowest BCUT2D eigenvalue weighted by Crippen LogP contribution is -2.62. The Morgan fingerprint density at radius 2 is 1.90 bits per heavy atom. The fourth-order valence-corrected chi connectivity index (χ4v) is 7.79. The van der Waals surface area contributed by atoms with E-state index in [1.807, 2.05) is 4.90 Å². The van der Waals surface area contributed by atoms with Gasteiger partial charge in [0.15, 0.2) is 0 Å². The summed E-state index contributed by atoms with van der Waals surface area (Å²) < 4.78 is 6.41. The molecule has 4 aliphatic heterocycles. The highest BCUT2D eigenvalue weighted by molar-refractivity contribution is 5.81. The van der Waals surface area contributed by atoms with Crippen molar-refractivity contribution in [3.05, 3.63) is 0 Å². The van der Waals surface area contributed by atoms with Crippen molar-refractivity contribution in [3.63, 3.8) is 0 Å². The van der Waals surface area contributed by atoms with Gasteiger partial charge in [0.2, 0.25) is 11.8 Å². The van der Waals surface area contributed by atoms with E-state index in [0.29, 0.717) is 61.5 Å². The summed E-state index contributed by atoms with van der Waals surface area (Å²) in [5, 5.41) is 24.1. The molecule has 42 heavy (non-hydrogen) atoms. The Morgan fingerprint density at radius 3 is 2.64 bits per heavy atom. The predicted molar refractivity (Wildman–Crippen MR) is 159 cm³/mol. The SMILES string of the molecule is CC(=O)N1CCC(NC2CC(C(=O)NC[C@H](O)CN3CCC4C(CCC(OCC5CONC5C)C4C)C3)NCN2)CC1. The number of aliphatic hydroxyl groups is 1. The van der Waals surface area contributed by atoms with Gasteiger partial charge < -0.3 is 29.8 Å². The van der Waals surface area contributed by atoms with Gasteiger partial charge in [0.25, 0.3) is 0 Å². The molecule has 0 aromatic rings. The number of carbonyl (C=O) groups is 2. The summed E-state index contributed by atoms with van der Waals surface area (Å²) >= 11 is 0. The Morgan fingerprint density at radius 1 is 1.10 bits per heavy atom. The molecule has 1 aliphatic carbocycles. The summed E-state index contributed by atoms with van der Waals surface area (Å²) in [6.07, 6.45) is 5.67. The quantitative estimate of drug-likeness (QED) is 0.198. The van der Waals surface area contributed by atoms with Crippen molar-refractivity contribution in [2.24, 2.45) is 23.7 Å². The first-order chi connectivity index (χ1) is 20.3. The van der Waals surface area contributed by atoms with E-state index in [1.54, 1.807) is 6.92 Å². The highest BCUT2D eigenvalue weighted by Gasteiger charge is 2.41. The second-order valence-electron chi connectivity index (χ2n) is 13.5. The average Bonchev–Trinajstić information content (AvgIpc) is 3.40. The summed E-state index contributed by atoms with van der Waals surface area (Å²) in [6, 6.07) is 0.378. The van der Waals surface area contributed by atoms with Crippen LogP contribution in [0.4, 0.5) is 0 Å². The van der Waals surface area contributed by atoms with Crippen molar-refractivity contribution < 1.29 is 24.3 Å². The van der Waals surface area contributed by atoms with Crippen LogP contribution in [-0.4, -0.2) is 122 Å². The molecule has 8 unspecified atom stereocenters. The highest BCUT2D eigenvalue weighted by Crippen LogP contribution is 2.41. The molecular weight excluding hydrogens is 538 g/mol. The molecule has 1 saturated carbocycles. The van der Waals surface area contributed by atoms with Gasteiger partial charge in [-0.25, -0.2) is 0 Å². The normalized spacial score (nSPS) is 37.3. The van der Waals surface area contributed by atoms with E-state index in [-0.39, 0.29) is 30.6 Å². The Bertz CT molecular complexity index is 890. The lowest BCUT2D eigenvalue weighted by atomic mass is 9.68. The van der Waals surface area contributed by atoms with Crippen LogP contribution in [0.15, 0.2) is 0 Å². The lowest BCUT2D eigenvalue weighted by molar-refractivity contribution is -0.130. The monoisotopic (exact) mass is 593 g/mol. The van der Waals surface area contributed by atoms with Crippen LogP contribution in [0.3, 0.4) is 0 Å². The third-order valence-corrected chi connectivity index (χ3v) is 10.6. The van der Waals surface area contributed by atoms with Gasteiger partial charge in [0.1, 0.15) is 0 Å². The first-order valence-corrected chi connectivity index (χ1v) is 16.4. The van der Waals surface area contributed by atoms with Crippen molar-refractivity contribution in [2.75, 3.05) is 59.2 Å². The summed E-state index contributed by atoms with van der Waals surface area (Å²) in [7, 11) is 0. The number of rotatable bonds is 10. The topological polar surface area (TPSA) is 139 Å². The second kappa shape index (κ2) is 15.1. The molecule has 0 aromatic heterocycles. The molecule has 5 fully saturated rings. The molecule has 0 spiro atoms. The number of aliphatic hydroxyl groups excluding tert-OH is 1. The third kappa shape index (κ3) is 8.41. The number of carbonyl (C=O) groups excluding carboxylic acids is 2. The zero-order valence-electron chi connectivity index (χ0n) is 25.9. The third-order valence-electron chi connectivity index (χ3n) is 10.6. The molecule has 4 heterocycles. The van der Waals surface area contributed by atoms with Gasteiger partial charge >= 0.3 is 0 Å². The zero-order valence-corrected chi connectivity index (χ0v) is 25.9. The number of hydroxylamine groups is 1. The van der Waals surface area contributed by atoms with Crippen LogP contribution in [0.25, 0.3) is 0 Å². The number of likely N-dealkylation sites (tertiary alicyclic amines) is 2. The van der Waals surface area contributed by atoms with Gasteiger partial charge in [0, 0.05) is 70.7 Å². The summed E-state index contributed by atoms with van der Waals surface area (Å²) in [5.74, 6) is 2.35. The molecule has 2 amide bonds. The van der Waals surface area contributed by atoms with Crippen LogP contribution in [0.5, 0.6) is 0 Å². The van der Waals surface area contributed by atoms with Gasteiger partial charge in [-0.05, 0) is 63.3 Å². The molecular formula is C30H55N7O5. The standard InChI is InChI=1S/C30H55N7O5/c1-19-26-8-9-36(14-22(26)4-5-28(19)41-16-23-17-42-35-20(23)2)15-25(39)13-31-30(40)27-12-29(33-18-32-27)34-24-6-10-37(11-7-24)21(3)38/h19-20,22-29,32-35,39H,4-18H2,1-3H3,(H,31,40)/t19?,20?,22?,23?,25-,26?,27?,28?,29?/m0/s1. The van der Waals surface area contributed by atoms with Gasteiger partial charge in [-0.1, -0.05) is 6.92 Å². The predicted octanol–water partition coefficient (Wildman–Crippen LogP) is -0.408. The van der Waals surface area contributed by atoms with Gasteiger partial charge in [-0.2, -0.15) is 5.48 Å². The Hall–Kier alpha value is -1.38. The van der Waals surface area contributed by atoms with E-state index in [9.17, 15) is 14.7 Å². The van der Waals surface area contributed by atoms with Crippen LogP contribution in [-0.2, 0) is 19.2 Å². The Labute approximate surface area is 251 Å². The van der Waals surface area contributed by atoms with Crippen molar-refractivity contribution in [1.82, 2.24) is 36.5 Å². The van der Waals surface area contributed by atoms with Gasteiger partial charge in [-0.3, -0.25) is 25.5 Å². The van der Waals surface area contributed by atoms with Crippen molar-refractivity contribution in [3.8, 4) is 0 Å². The molecule has 6 N–H and O–H groups in total. The fraction of sp³-hybridized carbons (Fsp3) is 0.933. The number of fused-ring (bicyclic) bond motifs is 1. The molecule has 5 aliphatic rings. The molecule has 12 heteroatoms. The maximum Gasteiger partial charge on any atom is 0.237 e. The van der Waals surface area contributed by atoms with Crippen LogP contribution in [0.2, 0.25) is 0 Å². The zero-order chi connectivity index (χ0) is 29.6. The number of piperidine rings is 2. The molecule has 9 atom stereocenters. The number of amides is 2. The summed E-state index contributed by atoms with van der Waals surface area (Å²) in [4.78, 5) is 34.2. The molecule has 12 nitrogen and oxygen atoms in total. The highest BCUT2D eigenvalue weighted by atomic mass is 16.7. The minimum Gasteiger partial charge on any atom is -0.390 e. The lowest BCUT2D eigenvalue weighted by Gasteiger charge is -2.47. The van der Waals surface area contributed by atoms with Crippen LogP contribution in [0, 0.1) is 23.7 Å². The molecule has 0 radical (unpaired) electrons. The summed E-state index contributed by atoms with van der Waals surface area (Å²) in [6.45, 7) is 12.6. The van der Waals surface area contributed by atoms with Crippen LogP contribution in [0.1, 0.15) is 59.3 Å². The fourth-order valence-electron chi connectivity index (χ4n) is 7.79. The molecule has 0 aromatic carbocycles. The first-order valence-electron chi connectivity index (χ1n) is 16.4. The van der Waals surface area contributed by atoms with E-state index in [4.69, 9.17) is 9.57 Å². The number of nitrogens with zero attached hydrogens (tertiary/aromatic N) is 2. The van der Waals surface area contributed by atoms with Crippen LogP contribution < -0.4 is 26.7 Å². The molecule has 0 bridgehead atoms. The maximum absolute atomic E-state index is 12.9. The van der Waals surface area contributed by atoms with E-state index >= 15 is 0 Å². The summed E-state index contributed by atoms with van der Waals surface area (Å²) in [5.41, 5.74) is 3.04. The van der Waals surface area contributed by atoms with E-state index in [1.165, 1.54) is 6.42 Å². The molecule has 240 valence electrons. The van der Waals surface area contributed by atoms with Crippen molar-refractivity contribution in [2.45, 2.75) is 95.8 Å². The van der Waals surface area contributed by atoms with Crippen molar-refractivity contribution >= 4 is 11.8 Å². The average molecular weight is 594 g/mol. The minimum atomic E-state index is -0.589. The van der Waals surface area contributed by atoms with Crippen molar-refractivity contribution in [1.29, 1.82) is 0 Å². The Balaban J connectivity index is 0.978. The maximum atomic E-state index is 12.9. The smallest absolute Gasteiger partial charge is 0.237 e. The molecule has 5 rings (SSSR count). The van der Waals surface area contributed by atoms with Crippen LogP contribution >= 0.6 is 0 Å². The number of nitrogens with one attached hydrogen (secondary N) is 5. The van der Waals surface area contributed by atoms with E-state index in [2.05, 4.69) is 45.5 Å². The van der Waals surface area contributed by atoms with Gasteiger partial charge in [0.05, 0.1) is 37.6 Å². The Kier molecular flexibility index (Phi) is 11.5. The first kappa shape index (κ1) is 32.0. The minimum absolute atomic E-state index is 0.0438.